The number of phenols is 1. The van der Waals surface area contributed by atoms with Gasteiger partial charge in [0.05, 0.1) is 4.88 Å². The Balaban J connectivity index is 1.79. The minimum atomic E-state index is 0.265. The summed E-state index contributed by atoms with van der Waals surface area (Å²) >= 11 is 1.70. The third kappa shape index (κ3) is 3.18. The van der Waals surface area contributed by atoms with Crippen LogP contribution in [0.4, 0.5) is 0 Å². The van der Waals surface area contributed by atoms with E-state index in [2.05, 4.69) is 38.1 Å². The lowest BCUT2D eigenvalue weighted by Gasteiger charge is -2.10. The summed E-state index contributed by atoms with van der Waals surface area (Å²) in [7, 11) is 0. The van der Waals surface area contributed by atoms with E-state index >= 15 is 0 Å². The summed E-state index contributed by atoms with van der Waals surface area (Å²) < 4.78 is 7.51. The van der Waals surface area contributed by atoms with Crippen molar-refractivity contribution >= 4 is 21.4 Å². The van der Waals surface area contributed by atoms with Gasteiger partial charge in [-0.25, -0.2) is 0 Å². The van der Waals surface area contributed by atoms with Crippen LogP contribution in [0.15, 0.2) is 72.8 Å². The predicted molar refractivity (Wildman–Crippen MR) is 110 cm³/mol. The first-order valence-electron chi connectivity index (χ1n) is 8.70. The Hall–Kier alpha value is -2.78. The molecule has 0 saturated heterocycles. The lowest BCUT2D eigenvalue weighted by molar-refractivity contribution is 0.475. The molecule has 0 aliphatic carbocycles. The lowest BCUT2D eigenvalue weighted by Crippen LogP contribution is -1.89. The number of thiophene rings is 1. The van der Waals surface area contributed by atoms with Crippen LogP contribution in [-0.4, -0.2) is 5.11 Å². The van der Waals surface area contributed by atoms with Gasteiger partial charge in [0.1, 0.15) is 11.5 Å². The van der Waals surface area contributed by atoms with Crippen molar-refractivity contribution in [1.82, 2.24) is 0 Å². The van der Waals surface area contributed by atoms with E-state index in [1.54, 1.807) is 23.5 Å². The number of hydrogen-bond donors (Lipinski definition) is 1. The molecule has 3 heteroatoms. The zero-order valence-electron chi connectivity index (χ0n) is 14.8. The Morgan fingerprint density at radius 1 is 0.846 bits per heavy atom. The molecule has 0 aliphatic heterocycles. The van der Waals surface area contributed by atoms with Crippen LogP contribution < -0.4 is 4.74 Å². The first-order chi connectivity index (χ1) is 12.6. The largest absolute Gasteiger partial charge is 0.508 e. The summed E-state index contributed by atoms with van der Waals surface area (Å²) in [6.45, 7) is 4.37. The second-order valence-electron chi connectivity index (χ2n) is 6.63. The fourth-order valence-corrected chi connectivity index (χ4v) is 4.10. The van der Waals surface area contributed by atoms with Gasteiger partial charge in [0.2, 0.25) is 0 Å². The van der Waals surface area contributed by atoms with Crippen molar-refractivity contribution in [2.45, 2.75) is 19.8 Å². The van der Waals surface area contributed by atoms with Gasteiger partial charge in [-0.05, 0) is 65.6 Å². The Labute approximate surface area is 157 Å². The average Bonchev–Trinajstić information content (AvgIpc) is 3.01. The fourth-order valence-electron chi connectivity index (χ4n) is 2.96. The molecule has 0 fully saturated rings. The Morgan fingerprint density at radius 3 is 2.23 bits per heavy atom. The van der Waals surface area contributed by atoms with E-state index in [9.17, 15) is 5.11 Å². The fraction of sp³-hybridized carbons (Fsp3) is 0.130. The normalized spacial score (nSPS) is 11.2. The highest BCUT2D eigenvalue weighted by molar-refractivity contribution is 7.22. The topological polar surface area (TPSA) is 29.5 Å². The van der Waals surface area contributed by atoms with Crippen molar-refractivity contribution in [2.24, 2.45) is 0 Å². The van der Waals surface area contributed by atoms with Crippen LogP contribution in [0.5, 0.6) is 17.2 Å². The molecule has 0 atom stereocenters. The van der Waals surface area contributed by atoms with Gasteiger partial charge >= 0.3 is 0 Å². The quantitative estimate of drug-likeness (QED) is 0.417. The molecule has 4 aromatic rings. The molecule has 26 heavy (non-hydrogen) atoms. The number of hydrogen-bond acceptors (Lipinski definition) is 3. The standard InChI is InChI=1S/C23H20O2S/c1-15(2)16-9-13-19(14-10-16)25-22-20-5-3-4-6-21(20)26-23(22)17-7-11-18(24)12-8-17/h3-15,24H,1-2H3. The molecule has 0 spiro atoms. The van der Waals surface area contributed by atoms with Gasteiger partial charge in [-0.3, -0.25) is 0 Å². The number of aromatic hydroxyl groups is 1. The molecule has 3 aromatic carbocycles. The molecular weight excluding hydrogens is 340 g/mol. The van der Waals surface area contributed by atoms with Gasteiger partial charge in [0.15, 0.2) is 5.75 Å². The van der Waals surface area contributed by atoms with E-state index in [4.69, 9.17) is 4.74 Å². The summed E-state index contributed by atoms with van der Waals surface area (Å²) in [5.41, 5.74) is 2.34. The van der Waals surface area contributed by atoms with Gasteiger partial charge in [-0.15, -0.1) is 11.3 Å². The van der Waals surface area contributed by atoms with E-state index < -0.39 is 0 Å². The molecule has 0 unspecified atom stereocenters. The number of ether oxygens (including phenoxy) is 1. The van der Waals surface area contributed by atoms with Crippen molar-refractivity contribution in [1.29, 1.82) is 0 Å². The van der Waals surface area contributed by atoms with Crippen LogP contribution in [0.25, 0.3) is 20.5 Å². The molecule has 130 valence electrons. The molecule has 0 radical (unpaired) electrons. The van der Waals surface area contributed by atoms with E-state index in [0.29, 0.717) is 5.92 Å². The SMILES string of the molecule is CC(C)c1ccc(Oc2c(-c3ccc(O)cc3)sc3ccccc23)cc1. The van der Waals surface area contributed by atoms with Crippen LogP contribution >= 0.6 is 11.3 Å². The monoisotopic (exact) mass is 360 g/mol. The molecule has 1 N–H and O–H groups in total. The minimum absolute atomic E-state index is 0.265. The van der Waals surface area contributed by atoms with E-state index in [1.807, 2.05) is 36.4 Å². The summed E-state index contributed by atoms with van der Waals surface area (Å²) in [6.07, 6.45) is 0. The molecule has 1 aromatic heterocycles. The van der Waals surface area contributed by atoms with Crippen LogP contribution in [-0.2, 0) is 0 Å². The number of benzene rings is 3. The van der Waals surface area contributed by atoms with Crippen molar-refractivity contribution in [2.75, 3.05) is 0 Å². The van der Waals surface area contributed by atoms with Gasteiger partial charge in [-0.2, -0.15) is 0 Å². The molecule has 1 heterocycles. The van der Waals surface area contributed by atoms with Crippen molar-refractivity contribution < 1.29 is 9.84 Å². The Kier molecular flexibility index (Phi) is 4.39. The highest BCUT2D eigenvalue weighted by atomic mass is 32.1. The zero-order chi connectivity index (χ0) is 18.1. The second-order valence-corrected chi connectivity index (χ2v) is 7.68. The van der Waals surface area contributed by atoms with Gasteiger partial charge in [0.25, 0.3) is 0 Å². The van der Waals surface area contributed by atoms with Gasteiger partial charge in [0, 0.05) is 10.1 Å². The second kappa shape index (κ2) is 6.85. The number of rotatable bonds is 4. The average molecular weight is 360 g/mol. The first kappa shape index (κ1) is 16.7. The van der Waals surface area contributed by atoms with E-state index in [1.165, 1.54) is 10.3 Å². The highest BCUT2D eigenvalue weighted by Gasteiger charge is 2.16. The summed E-state index contributed by atoms with van der Waals surface area (Å²) in [6, 6.07) is 23.8. The number of phenolic OH excluding ortho intramolecular Hbond substituents is 1. The predicted octanol–water partition coefficient (Wildman–Crippen LogP) is 7.19. The minimum Gasteiger partial charge on any atom is -0.508 e. The van der Waals surface area contributed by atoms with Crippen LogP contribution in [0.2, 0.25) is 0 Å². The maximum atomic E-state index is 9.59. The van der Waals surface area contributed by atoms with Crippen molar-refractivity contribution in [3.63, 3.8) is 0 Å². The zero-order valence-corrected chi connectivity index (χ0v) is 15.6. The summed E-state index contributed by atoms with van der Waals surface area (Å²) in [5.74, 6) is 2.46. The van der Waals surface area contributed by atoms with E-state index in [0.717, 1.165) is 27.3 Å². The molecule has 0 saturated carbocycles. The third-order valence-corrected chi connectivity index (χ3v) is 5.65. The van der Waals surface area contributed by atoms with Crippen molar-refractivity contribution in [3.8, 4) is 27.7 Å². The van der Waals surface area contributed by atoms with Gasteiger partial charge in [-0.1, -0.05) is 38.1 Å². The molecule has 0 aliphatic rings. The Bertz CT molecular complexity index is 1030. The number of fused-ring (bicyclic) bond motifs is 1. The first-order valence-corrected chi connectivity index (χ1v) is 9.52. The van der Waals surface area contributed by atoms with Crippen LogP contribution in [0, 0.1) is 0 Å². The smallest absolute Gasteiger partial charge is 0.153 e. The molecule has 2 nitrogen and oxygen atoms in total. The molecule has 4 rings (SSSR count). The highest BCUT2D eigenvalue weighted by Crippen LogP contribution is 2.46. The van der Waals surface area contributed by atoms with E-state index in [-0.39, 0.29) is 5.75 Å². The van der Waals surface area contributed by atoms with Crippen LogP contribution in [0.3, 0.4) is 0 Å². The maximum Gasteiger partial charge on any atom is 0.153 e. The van der Waals surface area contributed by atoms with Crippen molar-refractivity contribution in [3.05, 3.63) is 78.4 Å². The maximum absolute atomic E-state index is 9.59. The summed E-state index contributed by atoms with van der Waals surface area (Å²) in [4.78, 5) is 1.07. The van der Waals surface area contributed by atoms with Crippen LogP contribution in [0.1, 0.15) is 25.3 Å². The summed E-state index contributed by atoms with van der Waals surface area (Å²) in [5, 5.41) is 10.7. The molecule has 0 amide bonds. The molecular formula is C23H20O2S. The third-order valence-electron chi connectivity index (χ3n) is 4.45. The molecule has 0 bridgehead atoms. The lowest BCUT2D eigenvalue weighted by atomic mass is 10.0. The Morgan fingerprint density at radius 2 is 1.54 bits per heavy atom. The van der Waals surface area contributed by atoms with Gasteiger partial charge < -0.3 is 9.84 Å².